The quantitative estimate of drug-likeness (QED) is 0.803. The Labute approximate surface area is 91.9 Å². The summed E-state index contributed by atoms with van der Waals surface area (Å²) in [4.78, 5) is 0. The summed E-state index contributed by atoms with van der Waals surface area (Å²) in [6, 6.07) is 8.34. The van der Waals surface area contributed by atoms with Crippen molar-refractivity contribution in [3.63, 3.8) is 0 Å². The van der Waals surface area contributed by atoms with Gasteiger partial charge in [0.15, 0.2) is 0 Å². The summed E-state index contributed by atoms with van der Waals surface area (Å²) in [5.74, 6) is 0. The summed E-state index contributed by atoms with van der Waals surface area (Å²) in [6.45, 7) is 5.23. The Morgan fingerprint density at radius 1 is 1.33 bits per heavy atom. The van der Waals surface area contributed by atoms with Gasteiger partial charge < -0.3 is 9.84 Å². The van der Waals surface area contributed by atoms with Crippen LogP contribution in [0.5, 0.6) is 0 Å². The second-order valence-corrected chi connectivity index (χ2v) is 4.49. The molecule has 0 unspecified atom stereocenters. The SMILES string of the molecule is COCC(C)(C)c1cccc(CCO)c1. The lowest BCUT2D eigenvalue weighted by Gasteiger charge is -2.24. The standard InChI is InChI=1S/C13H20O2/c1-13(2,10-15-3)12-6-4-5-11(9-12)7-8-14/h4-6,9,14H,7-8,10H2,1-3H3. The number of hydrogen-bond acceptors (Lipinski definition) is 2. The van der Waals surface area contributed by atoms with E-state index >= 15 is 0 Å². The van der Waals surface area contributed by atoms with Crippen LogP contribution in [0.4, 0.5) is 0 Å². The summed E-state index contributed by atoms with van der Waals surface area (Å²) >= 11 is 0. The molecular formula is C13H20O2. The van der Waals surface area contributed by atoms with Crippen molar-refractivity contribution in [3.05, 3.63) is 35.4 Å². The van der Waals surface area contributed by atoms with Crippen LogP contribution < -0.4 is 0 Å². The van der Waals surface area contributed by atoms with Crippen molar-refractivity contribution in [2.75, 3.05) is 20.3 Å². The second kappa shape index (κ2) is 5.29. The molecule has 1 N–H and O–H groups in total. The molecule has 15 heavy (non-hydrogen) atoms. The van der Waals surface area contributed by atoms with Gasteiger partial charge in [0.2, 0.25) is 0 Å². The summed E-state index contributed by atoms with van der Waals surface area (Å²) in [7, 11) is 1.72. The highest BCUT2D eigenvalue weighted by Gasteiger charge is 2.20. The van der Waals surface area contributed by atoms with Gasteiger partial charge in [-0.15, -0.1) is 0 Å². The molecule has 2 nitrogen and oxygen atoms in total. The smallest absolute Gasteiger partial charge is 0.0553 e. The van der Waals surface area contributed by atoms with Crippen molar-refractivity contribution in [1.82, 2.24) is 0 Å². The molecule has 0 aliphatic rings. The molecule has 0 bridgehead atoms. The number of rotatable bonds is 5. The van der Waals surface area contributed by atoms with Gasteiger partial charge in [0.05, 0.1) is 6.61 Å². The monoisotopic (exact) mass is 208 g/mol. The molecule has 0 saturated carbocycles. The van der Waals surface area contributed by atoms with Gasteiger partial charge in [-0.2, -0.15) is 0 Å². The molecular weight excluding hydrogens is 188 g/mol. The number of hydrogen-bond donors (Lipinski definition) is 1. The maximum atomic E-state index is 8.89. The third-order valence-corrected chi connectivity index (χ3v) is 2.61. The van der Waals surface area contributed by atoms with Gasteiger partial charge in [0, 0.05) is 19.1 Å². The Hall–Kier alpha value is -0.860. The fourth-order valence-corrected chi connectivity index (χ4v) is 1.72. The molecule has 0 saturated heterocycles. The van der Waals surface area contributed by atoms with Crippen molar-refractivity contribution in [2.24, 2.45) is 0 Å². The summed E-state index contributed by atoms with van der Waals surface area (Å²) in [5, 5.41) is 8.89. The first kappa shape index (κ1) is 12.2. The zero-order valence-electron chi connectivity index (χ0n) is 9.79. The molecule has 0 aliphatic carbocycles. The van der Waals surface area contributed by atoms with Gasteiger partial charge in [0.25, 0.3) is 0 Å². The molecule has 0 atom stereocenters. The lowest BCUT2D eigenvalue weighted by Crippen LogP contribution is -2.23. The summed E-state index contributed by atoms with van der Waals surface area (Å²) in [6.07, 6.45) is 0.719. The molecule has 84 valence electrons. The van der Waals surface area contributed by atoms with Crippen LogP contribution in [-0.2, 0) is 16.6 Å². The normalized spacial score (nSPS) is 11.7. The molecule has 0 heterocycles. The molecule has 1 aromatic carbocycles. The first-order chi connectivity index (χ1) is 7.10. The van der Waals surface area contributed by atoms with E-state index in [1.165, 1.54) is 11.1 Å². The van der Waals surface area contributed by atoms with Crippen LogP contribution in [0.1, 0.15) is 25.0 Å². The molecule has 0 fully saturated rings. The molecule has 1 aromatic rings. The molecule has 1 rings (SSSR count). The number of aliphatic hydroxyl groups is 1. The minimum Gasteiger partial charge on any atom is -0.396 e. The second-order valence-electron chi connectivity index (χ2n) is 4.49. The summed E-state index contributed by atoms with van der Waals surface area (Å²) < 4.78 is 5.21. The Morgan fingerprint density at radius 3 is 2.67 bits per heavy atom. The van der Waals surface area contributed by atoms with Crippen molar-refractivity contribution >= 4 is 0 Å². The van der Waals surface area contributed by atoms with Crippen molar-refractivity contribution in [3.8, 4) is 0 Å². The highest BCUT2D eigenvalue weighted by molar-refractivity contribution is 5.29. The molecule has 0 aromatic heterocycles. The Kier molecular flexibility index (Phi) is 4.30. The Balaban J connectivity index is 2.88. The van der Waals surface area contributed by atoms with Crippen LogP contribution in [0, 0.1) is 0 Å². The third kappa shape index (κ3) is 3.33. The maximum absolute atomic E-state index is 8.89. The lowest BCUT2D eigenvalue weighted by atomic mass is 9.84. The number of aliphatic hydroxyl groups excluding tert-OH is 1. The predicted molar refractivity (Wildman–Crippen MR) is 62.1 cm³/mol. The van der Waals surface area contributed by atoms with Gasteiger partial charge in [-0.25, -0.2) is 0 Å². The lowest BCUT2D eigenvalue weighted by molar-refractivity contribution is 0.146. The first-order valence-electron chi connectivity index (χ1n) is 5.29. The Morgan fingerprint density at radius 2 is 2.07 bits per heavy atom. The van der Waals surface area contributed by atoms with Gasteiger partial charge in [-0.1, -0.05) is 38.1 Å². The van der Waals surface area contributed by atoms with E-state index in [0.29, 0.717) is 6.61 Å². The Bertz CT molecular complexity index is 305. The molecule has 0 amide bonds. The first-order valence-corrected chi connectivity index (χ1v) is 5.29. The van der Waals surface area contributed by atoms with E-state index in [9.17, 15) is 0 Å². The topological polar surface area (TPSA) is 29.5 Å². The highest BCUT2D eigenvalue weighted by atomic mass is 16.5. The van der Waals surface area contributed by atoms with E-state index in [4.69, 9.17) is 9.84 Å². The van der Waals surface area contributed by atoms with Crippen LogP contribution in [0.2, 0.25) is 0 Å². The number of benzene rings is 1. The van der Waals surface area contributed by atoms with Crippen LogP contribution in [0.15, 0.2) is 24.3 Å². The number of methoxy groups -OCH3 is 1. The maximum Gasteiger partial charge on any atom is 0.0553 e. The molecule has 2 heteroatoms. The minimum atomic E-state index is 0.0280. The fourth-order valence-electron chi connectivity index (χ4n) is 1.72. The van der Waals surface area contributed by atoms with Crippen LogP contribution >= 0.6 is 0 Å². The van der Waals surface area contributed by atoms with Gasteiger partial charge in [0.1, 0.15) is 0 Å². The largest absolute Gasteiger partial charge is 0.396 e. The zero-order chi connectivity index (χ0) is 11.3. The average Bonchev–Trinajstić information content (AvgIpc) is 2.19. The third-order valence-electron chi connectivity index (χ3n) is 2.61. The predicted octanol–water partition coefficient (Wildman–Crippen LogP) is 2.15. The van der Waals surface area contributed by atoms with Crippen molar-refractivity contribution in [1.29, 1.82) is 0 Å². The van der Waals surface area contributed by atoms with E-state index < -0.39 is 0 Å². The zero-order valence-corrected chi connectivity index (χ0v) is 9.79. The fraction of sp³-hybridized carbons (Fsp3) is 0.538. The molecule has 0 spiro atoms. The minimum absolute atomic E-state index is 0.0280. The van der Waals surface area contributed by atoms with E-state index in [1.54, 1.807) is 7.11 Å². The van der Waals surface area contributed by atoms with Gasteiger partial charge in [-0.3, -0.25) is 0 Å². The molecule has 0 radical (unpaired) electrons. The number of ether oxygens (including phenoxy) is 1. The highest BCUT2D eigenvalue weighted by Crippen LogP contribution is 2.24. The van der Waals surface area contributed by atoms with E-state index in [2.05, 4.69) is 26.0 Å². The van der Waals surface area contributed by atoms with Crippen LogP contribution in [0.25, 0.3) is 0 Å². The van der Waals surface area contributed by atoms with Crippen LogP contribution in [-0.4, -0.2) is 25.4 Å². The van der Waals surface area contributed by atoms with E-state index in [1.807, 2.05) is 12.1 Å². The summed E-state index contributed by atoms with van der Waals surface area (Å²) in [5.41, 5.74) is 2.47. The van der Waals surface area contributed by atoms with Crippen molar-refractivity contribution < 1.29 is 9.84 Å². The van der Waals surface area contributed by atoms with E-state index in [0.717, 1.165) is 6.42 Å². The van der Waals surface area contributed by atoms with Gasteiger partial charge in [-0.05, 0) is 17.5 Å². The van der Waals surface area contributed by atoms with Crippen molar-refractivity contribution in [2.45, 2.75) is 25.7 Å². The van der Waals surface area contributed by atoms with E-state index in [-0.39, 0.29) is 12.0 Å². The molecule has 0 aliphatic heterocycles. The average molecular weight is 208 g/mol. The van der Waals surface area contributed by atoms with Gasteiger partial charge >= 0.3 is 0 Å². The van der Waals surface area contributed by atoms with Crippen LogP contribution in [0.3, 0.4) is 0 Å².